The van der Waals surface area contributed by atoms with Crippen LogP contribution in [-0.2, 0) is 13.6 Å². The highest BCUT2D eigenvalue weighted by Crippen LogP contribution is 2.38. The Morgan fingerprint density at radius 3 is 2.90 bits per heavy atom. The molecule has 2 heterocycles. The van der Waals surface area contributed by atoms with E-state index in [1.807, 2.05) is 13.1 Å². The molecule has 0 saturated heterocycles. The maximum atomic E-state index is 12.3. The first-order valence-corrected chi connectivity index (χ1v) is 6.63. The smallest absolute Gasteiger partial charge is 0.274 e. The van der Waals surface area contributed by atoms with E-state index in [9.17, 15) is 4.79 Å². The fraction of sp³-hybridized carbons (Fsp3) is 0.538. The van der Waals surface area contributed by atoms with Crippen LogP contribution in [0.4, 0.5) is 0 Å². The van der Waals surface area contributed by atoms with Crippen molar-refractivity contribution in [1.29, 1.82) is 0 Å². The first kappa shape index (κ1) is 12.8. The van der Waals surface area contributed by atoms with E-state index in [4.69, 9.17) is 4.52 Å². The van der Waals surface area contributed by atoms with Gasteiger partial charge in [-0.3, -0.25) is 9.48 Å². The highest BCUT2D eigenvalue weighted by atomic mass is 16.5. The first-order chi connectivity index (χ1) is 9.54. The van der Waals surface area contributed by atoms with Gasteiger partial charge < -0.3 is 9.42 Å². The average molecular weight is 275 g/mol. The van der Waals surface area contributed by atoms with Gasteiger partial charge in [0, 0.05) is 31.8 Å². The van der Waals surface area contributed by atoms with Gasteiger partial charge in [0.05, 0.1) is 6.54 Å². The fourth-order valence-corrected chi connectivity index (χ4v) is 2.11. The molecule has 7 heteroatoms. The van der Waals surface area contributed by atoms with Crippen LogP contribution in [0.1, 0.15) is 46.5 Å². The van der Waals surface area contributed by atoms with Crippen molar-refractivity contribution in [3.63, 3.8) is 0 Å². The van der Waals surface area contributed by atoms with Crippen LogP contribution < -0.4 is 0 Å². The van der Waals surface area contributed by atoms with E-state index >= 15 is 0 Å². The maximum Gasteiger partial charge on any atom is 0.274 e. The van der Waals surface area contributed by atoms with Crippen LogP contribution in [0.25, 0.3) is 0 Å². The number of carbonyl (C=O) groups excluding carboxylic acids is 1. The second kappa shape index (κ2) is 4.73. The Kier molecular flexibility index (Phi) is 3.04. The Labute approximate surface area is 116 Å². The van der Waals surface area contributed by atoms with E-state index in [1.54, 1.807) is 23.7 Å². The number of aryl methyl sites for hydroxylation is 2. The molecule has 3 rings (SSSR count). The van der Waals surface area contributed by atoms with Crippen molar-refractivity contribution >= 4 is 5.91 Å². The lowest BCUT2D eigenvalue weighted by atomic mass is 10.2. The van der Waals surface area contributed by atoms with Crippen molar-refractivity contribution in [3.8, 4) is 0 Å². The van der Waals surface area contributed by atoms with Crippen molar-refractivity contribution in [3.05, 3.63) is 29.2 Å². The van der Waals surface area contributed by atoms with Crippen molar-refractivity contribution in [2.45, 2.75) is 32.2 Å². The number of aromatic nitrogens is 4. The van der Waals surface area contributed by atoms with E-state index in [1.165, 1.54) is 0 Å². The van der Waals surface area contributed by atoms with Gasteiger partial charge in [0.1, 0.15) is 0 Å². The molecule has 1 aliphatic carbocycles. The summed E-state index contributed by atoms with van der Waals surface area (Å²) in [7, 11) is 3.51. The molecule has 7 nitrogen and oxygen atoms in total. The standard InChI is InChI=1S/C13H17N5O2/c1-8-6-18(3)15-11(8)13(19)17(2)7-10-14-12(20-16-10)9-4-5-9/h6,9H,4-5,7H2,1-3H3. The largest absolute Gasteiger partial charge is 0.339 e. The van der Waals surface area contributed by atoms with E-state index < -0.39 is 0 Å². The number of nitrogens with zero attached hydrogens (tertiary/aromatic N) is 5. The number of carbonyl (C=O) groups is 1. The van der Waals surface area contributed by atoms with Crippen molar-refractivity contribution in [2.24, 2.45) is 7.05 Å². The normalized spacial score (nSPS) is 14.6. The molecule has 106 valence electrons. The van der Waals surface area contributed by atoms with E-state index in [2.05, 4.69) is 15.2 Å². The van der Waals surface area contributed by atoms with Crippen molar-refractivity contribution < 1.29 is 9.32 Å². The molecule has 2 aromatic rings. The van der Waals surface area contributed by atoms with Crippen LogP contribution in [0.3, 0.4) is 0 Å². The molecule has 0 N–H and O–H groups in total. The third kappa shape index (κ3) is 2.43. The SMILES string of the molecule is Cc1cn(C)nc1C(=O)N(C)Cc1noc(C2CC2)n1. The zero-order chi connectivity index (χ0) is 14.3. The molecule has 0 unspecified atom stereocenters. The predicted octanol–water partition coefficient (Wildman–Crippen LogP) is 1.26. The lowest BCUT2D eigenvalue weighted by molar-refractivity contribution is 0.0773. The van der Waals surface area contributed by atoms with Gasteiger partial charge in [-0.05, 0) is 19.8 Å². The third-order valence-electron chi connectivity index (χ3n) is 3.35. The molecule has 0 radical (unpaired) electrons. The number of hydrogen-bond acceptors (Lipinski definition) is 5. The fourth-order valence-electron chi connectivity index (χ4n) is 2.11. The summed E-state index contributed by atoms with van der Waals surface area (Å²) >= 11 is 0. The Bertz CT molecular complexity index is 641. The molecule has 20 heavy (non-hydrogen) atoms. The zero-order valence-corrected chi connectivity index (χ0v) is 11.8. The molecular formula is C13H17N5O2. The predicted molar refractivity (Wildman–Crippen MR) is 70.0 cm³/mol. The maximum absolute atomic E-state index is 12.3. The van der Waals surface area contributed by atoms with E-state index in [0.29, 0.717) is 29.9 Å². The summed E-state index contributed by atoms with van der Waals surface area (Å²) in [6, 6.07) is 0. The number of hydrogen-bond donors (Lipinski definition) is 0. The molecule has 0 bridgehead atoms. The average Bonchev–Trinajstić information content (AvgIpc) is 3.06. The van der Waals surface area contributed by atoms with Crippen LogP contribution >= 0.6 is 0 Å². The second-order valence-electron chi connectivity index (χ2n) is 5.32. The van der Waals surface area contributed by atoms with Gasteiger partial charge in [-0.2, -0.15) is 10.1 Å². The quantitative estimate of drug-likeness (QED) is 0.839. The molecule has 1 saturated carbocycles. The minimum absolute atomic E-state index is 0.138. The lowest BCUT2D eigenvalue weighted by Crippen LogP contribution is -2.27. The summed E-state index contributed by atoms with van der Waals surface area (Å²) in [6.45, 7) is 2.19. The van der Waals surface area contributed by atoms with Gasteiger partial charge in [0.2, 0.25) is 5.89 Å². The summed E-state index contributed by atoms with van der Waals surface area (Å²) in [6.07, 6.45) is 4.05. The minimum atomic E-state index is -0.138. The molecule has 2 aromatic heterocycles. The van der Waals surface area contributed by atoms with E-state index in [0.717, 1.165) is 18.4 Å². The molecule has 0 aliphatic heterocycles. The van der Waals surface area contributed by atoms with Gasteiger partial charge in [-0.15, -0.1) is 0 Å². The first-order valence-electron chi connectivity index (χ1n) is 6.63. The topological polar surface area (TPSA) is 77.0 Å². The molecule has 1 aliphatic rings. The Morgan fingerprint density at radius 2 is 2.30 bits per heavy atom. The molecule has 1 fully saturated rings. The van der Waals surface area contributed by atoms with Crippen LogP contribution in [0.15, 0.2) is 10.7 Å². The molecule has 1 amide bonds. The van der Waals surface area contributed by atoms with Gasteiger partial charge in [-0.25, -0.2) is 0 Å². The summed E-state index contributed by atoms with van der Waals surface area (Å²) in [5, 5.41) is 8.09. The number of amides is 1. The Hall–Kier alpha value is -2.18. The van der Waals surface area contributed by atoms with Gasteiger partial charge in [0.25, 0.3) is 5.91 Å². The Morgan fingerprint density at radius 1 is 1.55 bits per heavy atom. The molecule has 0 spiro atoms. The molecule has 0 atom stereocenters. The zero-order valence-electron chi connectivity index (χ0n) is 11.8. The highest BCUT2D eigenvalue weighted by molar-refractivity contribution is 5.93. The third-order valence-corrected chi connectivity index (χ3v) is 3.35. The molecular weight excluding hydrogens is 258 g/mol. The minimum Gasteiger partial charge on any atom is -0.339 e. The molecule has 0 aromatic carbocycles. The summed E-state index contributed by atoms with van der Waals surface area (Å²) < 4.78 is 6.82. The highest BCUT2D eigenvalue weighted by Gasteiger charge is 2.30. The van der Waals surface area contributed by atoms with Crippen LogP contribution in [0.5, 0.6) is 0 Å². The van der Waals surface area contributed by atoms with Crippen molar-refractivity contribution in [2.75, 3.05) is 7.05 Å². The Balaban J connectivity index is 1.69. The van der Waals surface area contributed by atoms with Gasteiger partial charge in [-0.1, -0.05) is 5.16 Å². The number of rotatable bonds is 4. The van der Waals surface area contributed by atoms with E-state index in [-0.39, 0.29) is 5.91 Å². The second-order valence-corrected chi connectivity index (χ2v) is 5.32. The monoisotopic (exact) mass is 275 g/mol. The summed E-state index contributed by atoms with van der Waals surface area (Å²) in [4.78, 5) is 18.2. The summed E-state index contributed by atoms with van der Waals surface area (Å²) in [5.41, 5.74) is 1.32. The van der Waals surface area contributed by atoms with Crippen molar-refractivity contribution in [1.82, 2.24) is 24.8 Å². The van der Waals surface area contributed by atoms with Crippen LogP contribution in [-0.4, -0.2) is 37.8 Å². The van der Waals surface area contributed by atoms with Gasteiger partial charge in [0.15, 0.2) is 11.5 Å². The van der Waals surface area contributed by atoms with Crippen LogP contribution in [0, 0.1) is 6.92 Å². The lowest BCUT2D eigenvalue weighted by Gasteiger charge is -2.13. The summed E-state index contributed by atoms with van der Waals surface area (Å²) in [5.74, 6) is 1.52. The van der Waals surface area contributed by atoms with Gasteiger partial charge >= 0.3 is 0 Å². The van der Waals surface area contributed by atoms with Crippen LogP contribution in [0.2, 0.25) is 0 Å².